The highest BCUT2D eigenvalue weighted by Gasteiger charge is 2.35. The molecule has 1 fully saturated rings. The number of nitrogens with one attached hydrogen (secondary N) is 1. The fourth-order valence-corrected chi connectivity index (χ4v) is 5.54. The van der Waals surface area contributed by atoms with E-state index in [2.05, 4.69) is 46.9 Å². The highest BCUT2D eigenvalue weighted by molar-refractivity contribution is 6.76. The molecule has 0 aliphatic carbocycles. The average molecular weight is 554 g/mol. The van der Waals surface area contributed by atoms with E-state index in [1.54, 1.807) is 29.1 Å². The first-order valence-corrected chi connectivity index (χ1v) is 17.0. The van der Waals surface area contributed by atoms with Crippen LogP contribution in [-0.4, -0.2) is 64.8 Å². The molecule has 3 aromatic heterocycles. The average Bonchev–Trinajstić information content (AvgIpc) is 3.32. The van der Waals surface area contributed by atoms with Gasteiger partial charge in [0, 0.05) is 27.4 Å². The molecule has 3 aromatic rings. The Kier molecular flexibility index (Phi) is 8.55. The maximum absolute atomic E-state index is 13.6. The number of ether oxygens (including phenoxy) is 2. The van der Waals surface area contributed by atoms with Gasteiger partial charge in [-0.3, -0.25) is 14.6 Å². The summed E-state index contributed by atoms with van der Waals surface area (Å²) in [6, 6.07) is 2.64. The standard InChI is InChI=1S/C27H39N7O4Si/c1-17-7-8-22(19-11-23(37-3)18(2)29-12-19)33(15-17)27(36)26(35)32-21-14-30-25(28)20-13-31-34(24(20)21)16-38-9-10-39(4,5)6/h11-14,17,22H,7-10,15-16H2,1-6H3,(H2,28,30)(H,32,35). The van der Waals surface area contributed by atoms with Crippen LogP contribution in [0, 0.1) is 12.8 Å². The minimum atomic E-state index is -1.24. The lowest BCUT2D eigenvalue weighted by Crippen LogP contribution is -2.46. The molecule has 0 aromatic carbocycles. The molecular formula is C27H39N7O4Si. The number of likely N-dealkylation sites (tertiary alicyclic amines) is 1. The predicted octanol–water partition coefficient (Wildman–Crippen LogP) is 3.98. The first-order chi connectivity index (χ1) is 18.5. The largest absolute Gasteiger partial charge is 0.495 e. The van der Waals surface area contributed by atoms with Gasteiger partial charge in [-0.05, 0) is 43.4 Å². The molecule has 4 rings (SSSR count). The number of methoxy groups -OCH3 is 1. The minimum Gasteiger partial charge on any atom is -0.495 e. The van der Waals surface area contributed by atoms with Gasteiger partial charge in [-0.25, -0.2) is 9.67 Å². The zero-order chi connectivity index (χ0) is 28.3. The van der Waals surface area contributed by atoms with E-state index < -0.39 is 19.9 Å². The van der Waals surface area contributed by atoms with Crippen LogP contribution in [0.3, 0.4) is 0 Å². The first kappa shape index (κ1) is 28.5. The Morgan fingerprint density at radius 2 is 1.95 bits per heavy atom. The second kappa shape index (κ2) is 11.7. The lowest BCUT2D eigenvalue weighted by molar-refractivity contribution is -0.146. The Morgan fingerprint density at radius 3 is 2.67 bits per heavy atom. The number of aryl methyl sites for hydroxylation is 1. The number of hydrogen-bond donors (Lipinski definition) is 2. The molecule has 0 spiro atoms. The number of hydrogen-bond acceptors (Lipinski definition) is 8. The van der Waals surface area contributed by atoms with Gasteiger partial charge in [0.15, 0.2) is 0 Å². The quantitative estimate of drug-likeness (QED) is 0.243. The molecule has 39 heavy (non-hydrogen) atoms. The van der Waals surface area contributed by atoms with Crippen molar-refractivity contribution in [1.29, 1.82) is 0 Å². The molecule has 1 aliphatic rings. The van der Waals surface area contributed by atoms with E-state index in [0.717, 1.165) is 30.1 Å². The summed E-state index contributed by atoms with van der Waals surface area (Å²) >= 11 is 0. The third-order valence-corrected chi connectivity index (χ3v) is 8.80. The van der Waals surface area contributed by atoms with Crippen LogP contribution in [0.15, 0.2) is 24.7 Å². The van der Waals surface area contributed by atoms with Crippen molar-refractivity contribution in [3.8, 4) is 5.75 Å². The van der Waals surface area contributed by atoms with Gasteiger partial charge in [0.05, 0.1) is 47.8 Å². The molecule has 4 heterocycles. The van der Waals surface area contributed by atoms with Gasteiger partial charge < -0.3 is 25.4 Å². The van der Waals surface area contributed by atoms with Crippen LogP contribution in [0.4, 0.5) is 11.5 Å². The molecule has 1 aliphatic heterocycles. The number of anilines is 2. The van der Waals surface area contributed by atoms with Gasteiger partial charge >= 0.3 is 11.8 Å². The van der Waals surface area contributed by atoms with Crippen LogP contribution < -0.4 is 15.8 Å². The first-order valence-electron chi connectivity index (χ1n) is 13.3. The lowest BCUT2D eigenvalue weighted by Gasteiger charge is -2.38. The van der Waals surface area contributed by atoms with Crippen LogP contribution >= 0.6 is 0 Å². The summed E-state index contributed by atoms with van der Waals surface area (Å²) in [4.78, 5) is 37.2. The van der Waals surface area contributed by atoms with Crippen LogP contribution in [0.25, 0.3) is 10.9 Å². The summed E-state index contributed by atoms with van der Waals surface area (Å²) in [7, 11) is 0.352. The third kappa shape index (κ3) is 6.56. The van der Waals surface area contributed by atoms with Gasteiger partial charge in [-0.2, -0.15) is 5.10 Å². The van der Waals surface area contributed by atoms with Gasteiger partial charge in [0.25, 0.3) is 0 Å². The monoisotopic (exact) mass is 553 g/mol. The molecule has 11 nitrogen and oxygen atoms in total. The Balaban J connectivity index is 1.56. The Bertz CT molecular complexity index is 1350. The van der Waals surface area contributed by atoms with E-state index in [4.69, 9.17) is 15.2 Å². The topological polar surface area (TPSA) is 137 Å². The lowest BCUT2D eigenvalue weighted by atomic mass is 9.90. The third-order valence-electron chi connectivity index (χ3n) is 7.10. The number of amides is 2. The van der Waals surface area contributed by atoms with Crippen molar-refractivity contribution < 1.29 is 19.1 Å². The molecule has 12 heteroatoms. The van der Waals surface area contributed by atoms with Crippen molar-refractivity contribution in [3.63, 3.8) is 0 Å². The molecule has 0 radical (unpaired) electrons. The van der Waals surface area contributed by atoms with Crippen LogP contribution in [0.1, 0.15) is 37.1 Å². The van der Waals surface area contributed by atoms with Gasteiger partial charge in [0.1, 0.15) is 18.3 Å². The van der Waals surface area contributed by atoms with Crippen molar-refractivity contribution in [1.82, 2.24) is 24.6 Å². The number of aromatic nitrogens is 4. The SMILES string of the molecule is COc1cc(C2CCC(C)CN2C(=O)C(=O)Nc2cnc(N)c3cnn(COCC[Si](C)(C)C)c23)cnc1C. The number of carbonyl (C=O) groups is 2. The number of pyridine rings is 2. The van der Waals surface area contributed by atoms with E-state index in [0.29, 0.717) is 35.5 Å². The summed E-state index contributed by atoms with van der Waals surface area (Å²) in [5.41, 5.74) is 8.61. The van der Waals surface area contributed by atoms with E-state index in [1.165, 1.54) is 6.20 Å². The summed E-state index contributed by atoms with van der Waals surface area (Å²) in [6.45, 7) is 12.1. The fraction of sp³-hybridized carbons (Fsp3) is 0.519. The zero-order valence-electron chi connectivity index (χ0n) is 23.7. The smallest absolute Gasteiger partial charge is 0.314 e. The minimum absolute atomic E-state index is 0.197. The highest BCUT2D eigenvalue weighted by Crippen LogP contribution is 2.35. The number of nitrogen functional groups attached to an aromatic ring is 1. The molecule has 3 N–H and O–H groups in total. The molecule has 0 bridgehead atoms. The van der Waals surface area contributed by atoms with E-state index in [-0.39, 0.29) is 24.5 Å². The van der Waals surface area contributed by atoms with Crippen molar-refractivity contribution in [2.45, 2.75) is 65.1 Å². The normalized spacial score (nSPS) is 17.8. The van der Waals surface area contributed by atoms with Gasteiger partial charge in [-0.1, -0.05) is 26.6 Å². The number of rotatable bonds is 8. The second-order valence-electron chi connectivity index (χ2n) is 11.5. The van der Waals surface area contributed by atoms with E-state index >= 15 is 0 Å². The highest BCUT2D eigenvalue weighted by atomic mass is 28.3. The van der Waals surface area contributed by atoms with Crippen LogP contribution in [-0.2, 0) is 21.1 Å². The van der Waals surface area contributed by atoms with Crippen molar-refractivity contribution in [2.24, 2.45) is 5.92 Å². The van der Waals surface area contributed by atoms with Crippen molar-refractivity contribution >= 4 is 42.3 Å². The number of piperidine rings is 1. The Hall–Kier alpha value is -3.51. The summed E-state index contributed by atoms with van der Waals surface area (Å²) < 4.78 is 13.0. The molecule has 210 valence electrons. The van der Waals surface area contributed by atoms with Crippen LogP contribution in [0.2, 0.25) is 25.7 Å². The van der Waals surface area contributed by atoms with Crippen molar-refractivity contribution in [3.05, 3.63) is 35.9 Å². The maximum Gasteiger partial charge on any atom is 0.314 e. The Labute approximate surface area is 230 Å². The zero-order valence-corrected chi connectivity index (χ0v) is 24.7. The molecule has 2 atom stereocenters. The van der Waals surface area contributed by atoms with Gasteiger partial charge in [0.2, 0.25) is 0 Å². The summed E-state index contributed by atoms with van der Waals surface area (Å²) in [5.74, 6) is -0.167. The number of nitrogens with zero attached hydrogens (tertiary/aromatic N) is 5. The number of nitrogens with two attached hydrogens (primary N) is 1. The molecule has 0 saturated carbocycles. The molecule has 2 unspecified atom stereocenters. The second-order valence-corrected chi connectivity index (χ2v) is 17.1. The fourth-order valence-electron chi connectivity index (χ4n) is 4.79. The van der Waals surface area contributed by atoms with Crippen molar-refractivity contribution in [2.75, 3.05) is 31.3 Å². The Morgan fingerprint density at radius 1 is 1.18 bits per heavy atom. The molecule has 1 saturated heterocycles. The predicted molar refractivity (Wildman–Crippen MR) is 153 cm³/mol. The molecule has 2 amide bonds. The van der Waals surface area contributed by atoms with E-state index in [9.17, 15) is 9.59 Å². The molecular weight excluding hydrogens is 514 g/mol. The van der Waals surface area contributed by atoms with E-state index in [1.807, 2.05) is 13.0 Å². The maximum atomic E-state index is 13.6. The number of carbonyl (C=O) groups excluding carboxylic acids is 2. The van der Waals surface area contributed by atoms with Gasteiger partial charge in [-0.15, -0.1) is 0 Å². The van der Waals surface area contributed by atoms with Crippen LogP contribution in [0.5, 0.6) is 5.75 Å². The summed E-state index contributed by atoms with van der Waals surface area (Å²) in [5, 5.41) is 7.75. The number of fused-ring (bicyclic) bond motifs is 1. The summed E-state index contributed by atoms with van der Waals surface area (Å²) in [6.07, 6.45) is 6.46.